The molecule has 0 bridgehead atoms. The topological polar surface area (TPSA) is 306 Å². The number of carboxylic acid groups (broad SMARTS) is 1. The van der Waals surface area contributed by atoms with E-state index in [0.29, 0.717) is 47.7 Å². The molecule has 0 fully saturated rings. The Labute approximate surface area is 430 Å². The lowest BCUT2D eigenvalue weighted by molar-refractivity contribution is -0.154. The number of nitrogens with two attached hydrogens (primary N) is 2. The number of carboxylic acids is 1. The van der Waals surface area contributed by atoms with Gasteiger partial charge in [0, 0.05) is 60.7 Å². The summed E-state index contributed by atoms with van der Waals surface area (Å²) < 4.78 is 19.7. The van der Waals surface area contributed by atoms with Crippen LogP contribution in [0, 0.1) is 22.7 Å². The number of hydrogen-bond donors (Lipinski definition) is 3. The molecule has 74 heavy (non-hydrogen) atoms. The third-order valence-electron chi connectivity index (χ3n) is 13.0. The monoisotopic (exact) mass is 1010 g/mol. The average Bonchev–Trinajstić information content (AvgIpc) is 4.21. The van der Waals surface area contributed by atoms with Crippen LogP contribution in [-0.2, 0) is 38.2 Å². The molecule has 0 spiro atoms. The van der Waals surface area contributed by atoms with Gasteiger partial charge in [-0.3, -0.25) is 28.9 Å². The van der Waals surface area contributed by atoms with Gasteiger partial charge in [-0.05, 0) is 83.6 Å². The molecule has 0 aromatic carbocycles. The SMILES string of the molecule is C.C.CC(C)C(C)(c1ccc(-c2cnc(N)nc2)nc1)c1noc(-c2cnn(CC(C)(C)C(=O)O)c2)n1.CCOC(=O)C(C)(C)Cn1cc(-c2nc(C(C)(c3ccc(-c4cnc(N)nc4)nc3)C(C)C)no2)cn1. The summed E-state index contributed by atoms with van der Waals surface area (Å²) in [6.45, 7) is 22.1. The van der Waals surface area contributed by atoms with Crippen LogP contribution in [0.2, 0.25) is 0 Å². The molecule has 0 amide bonds. The Kier molecular flexibility index (Phi) is 17.3. The van der Waals surface area contributed by atoms with Gasteiger partial charge in [-0.1, -0.05) is 65.0 Å². The van der Waals surface area contributed by atoms with Crippen LogP contribution in [0.5, 0.6) is 0 Å². The largest absolute Gasteiger partial charge is 0.481 e. The van der Waals surface area contributed by atoms with Crippen molar-refractivity contribution in [3.63, 3.8) is 0 Å². The molecule has 2 unspecified atom stereocenters. The van der Waals surface area contributed by atoms with Crippen LogP contribution in [-0.4, -0.2) is 93.4 Å². The van der Waals surface area contributed by atoms with Crippen LogP contribution in [0.15, 0.2) is 95.3 Å². The number of rotatable bonds is 17. The quantitative estimate of drug-likeness (QED) is 0.0718. The van der Waals surface area contributed by atoms with Gasteiger partial charge in [-0.25, -0.2) is 19.9 Å². The molecular weight excluding hydrogens is 945 g/mol. The van der Waals surface area contributed by atoms with E-state index in [0.717, 1.165) is 33.6 Å². The van der Waals surface area contributed by atoms with E-state index in [1.807, 2.05) is 51.2 Å². The van der Waals surface area contributed by atoms with Gasteiger partial charge in [0.1, 0.15) is 0 Å². The first-order valence-electron chi connectivity index (χ1n) is 23.3. The summed E-state index contributed by atoms with van der Waals surface area (Å²) in [5.41, 5.74) is 14.5. The molecule has 22 nitrogen and oxygen atoms in total. The van der Waals surface area contributed by atoms with Crippen molar-refractivity contribution in [2.24, 2.45) is 22.7 Å². The zero-order valence-electron chi connectivity index (χ0n) is 42.3. The number of anilines is 2. The number of nitrogen functional groups attached to an aromatic ring is 2. The third kappa shape index (κ3) is 12.0. The number of pyridine rings is 2. The van der Waals surface area contributed by atoms with E-state index in [2.05, 4.69) is 90.0 Å². The van der Waals surface area contributed by atoms with Crippen molar-refractivity contribution in [3.8, 4) is 45.4 Å². The summed E-state index contributed by atoms with van der Waals surface area (Å²) in [7, 11) is 0. The van der Waals surface area contributed by atoms with Crippen molar-refractivity contribution in [1.82, 2.24) is 69.7 Å². The Morgan fingerprint density at radius 1 is 0.595 bits per heavy atom. The predicted molar refractivity (Wildman–Crippen MR) is 278 cm³/mol. The predicted octanol–water partition coefficient (Wildman–Crippen LogP) is 8.63. The summed E-state index contributed by atoms with van der Waals surface area (Å²) >= 11 is 0. The minimum absolute atomic E-state index is 0. The van der Waals surface area contributed by atoms with Gasteiger partial charge in [0.05, 0.1) is 76.3 Å². The van der Waals surface area contributed by atoms with Crippen LogP contribution < -0.4 is 11.5 Å². The standard InChI is InChI=1S/C26H32N8O3.C24H28N8O3.2CH4/c1-7-36-23(35)25(4,5)15-34-14-18(12-31-34)21-32-22(33-37-21)26(6,16(2)3)19-8-9-20(28-13-19)17-10-29-24(27)30-11-17;1-14(2)24(5,17-6-7-18(26-11-17)15-8-27-22(25)28-9-15)20-30-19(35-31-20)16-10-29-32(12-16)13-23(3,4)21(33)34;;/h8-14,16H,7,15H2,1-6H3,(H2,27,29,30);6-12,14H,13H2,1-5H3,(H,33,34)(H2,25,27,28);2*1H4. The molecule has 0 aliphatic carbocycles. The van der Waals surface area contributed by atoms with E-state index in [1.54, 1.807) is 85.9 Å². The second-order valence-electron chi connectivity index (χ2n) is 19.7. The maximum absolute atomic E-state index is 12.3. The molecule has 2 atom stereocenters. The summed E-state index contributed by atoms with van der Waals surface area (Å²) in [6.07, 6.45) is 16.9. The zero-order valence-corrected chi connectivity index (χ0v) is 42.3. The van der Waals surface area contributed by atoms with Crippen LogP contribution in [0.4, 0.5) is 11.9 Å². The first-order chi connectivity index (χ1) is 34.0. The van der Waals surface area contributed by atoms with E-state index < -0.39 is 27.6 Å². The van der Waals surface area contributed by atoms with Crippen LogP contribution in [0.3, 0.4) is 0 Å². The average molecular weight is 1010 g/mol. The molecule has 8 aromatic heterocycles. The molecule has 0 saturated carbocycles. The van der Waals surface area contributed by atoms with Gasteiger partial charge in [-0.2, -0.15) is 20.2 Å². The summed E-state index contributed by atoms with van der Waals surface area (Å²) in [5.74, 6) is 1.25. The molecule has 0 radical (unpaired) electrons. The normalized spacial score (nSPS) is 13.2. The lowest BCUT2D eigenvalue weighted by Gasteiger charge is -2.30. The van der Waals surface area contributed by atoms with Crippen molar-refractivity contribution >= 4 is 23.8 Å². The van der Waals surface area contributed by atoms with Crippen LogP contribution in [0.25, 0.3) is 45.4 Å². The maximum atomic E-state index is 12.3. The Hall–Kier alpha value is -8.30. The highest BCUT2D eigenvalue weighted by molar-refractivity contribution is 5.76. The Morgan fingerprint density at radius 2 is 0.986 bits per heavy atom. The Morgan fingerprint density at radius 3 is 1.32 bits per heavy atom. The van der Waals surface area contributed by atoms with Gasteiger partial charge in [0.15, 0.2) is 11.6 Å². The number of esters is 1. The zero-order chi connectivity index (χ0) is 52.2. The molecule has 8 aromatic rings. The molecule has 0 saturated heterocycles. The highest BCUT2D eigenvalue weighted by Crippen LogP contribution is 2.40. The second kappa shape index (κ2) is 22.6. The Bertz CT molecular complexity index is 3100. The van der Waals surface area contributed by atoms with Crippen LogP contribution in [0.1, 0.15) is 114 Å². The first-order valence-corrected chi connectivity index (χ1v) is 23.3. The number of aliphatic carboxylic acids is 1. The minimum atomic E-state index is -0.961. The first kappa shape index (κ1) is 56.6. The van der Waals surface area contributed by atoms with E-state index in [-0.39, 0.29) is 51.1 Å². The molecule has 5 N–H and O–H groups in total. The number of carbonyl (C=O) groups excluding carboxylic acids is 1. The van der Waals surface area contributed by atoms with Crippen molar-refractivity contribution in [2.75, 3.05) is 18.1 Å². The van der Waals surface area contributed by atoms with E-state index >= 15 is 0 Å². The number of hydrogen-bond acceptors (Lipinski definition) is 19. The van der Waals surface area contributed by atoms with E-state index in [1.165, 1.54) is 0 Å². The smallest absolute Gasteiger partial charge is 0.313 e. The third-order valence-corrected chi connectivity index (χ3v) is 13.0. The van der Waals surface area contributed by atoms with Crippen molar-refractivity contribution < 1.29 is 28.5 Å². The fourth-order valence-corrected chi connectivity index (χ4v) is 7.62. The Balaban J connectivity index is 0.000000267. The maximum Gasteiger partial charge on any atom is 0.313 e. The summed E-state index contributed by atoms with van der Waals surface area (Å²) in [6, 6.07) is 7.81. The highest BCUT2D eigenvalue weighted by atomic mass is 16.5. The second-order valence-corrected chi connectivity index (χ2v) is 19.7. The molecule has 8 rings (SSSR count). The summed E-state index contributed by atoms with van der Waals surface area (Å²) in [4.78, 5) is 58.4. The molecule has 22 heteroatoms. The lowest BCUT2D eigenvalue weighted by Crippen LogP contribution is -2.31. The molecule has 0 aliphatic heterocycles. The van der Waals surface area contributed by atoms with Crippen molar-refractivity contribution in [3.05, 3.63) is 109 Å². The lowest BCUT2D eigenvalue weighted by atomic mass is 9.73. The number of ether oxygens (including phenoxy) is 1. The highest BCUT2D eigenvalue weighted by Gasteiger charge is 2.40. The molecule has 8 heterocycles. The minimum Gasteiger partial charge on any atom is -0.481 e. The van der Waals surface area contributed by atoms with E-state index in [4.69, 9.17) is 30.2 Å². The van der Waals surface area contributed by atoms with Crippen molar-refractivity contribution in [1.29, 1.82) is 0 Å². The number of carbonyl (C=O) groups is 2. The van der Waals surface area contributed by atoms with Gasteiger partial charge in [0.25, 0.3) is 11.8 Å². The summed E-state index contributed by atoms with van der Waals surface area (Å²) in [5, 5.41) is 26.6. The fraction of sp³-hybridized carbons (Fsp3) is 0.423. The van der Waals surface area contributed by atoms with Gasteiger partial charge >= 0.3 is 11.9 Å². The van der Waals surface area contributed by atoms with Gasteiger partial charge < -0.3 is 30.4 Å². The van der Waals surface area contributed by atoms with Gasteiger partial charge in [0.2, 0.25) is 11.9 Å². The van der Waals surface area contributed by atoms with Gasteiger partial charge in [-0.15, -0.1) is 0 Å². The fourth-order valence-electron chi connectivity index (χ4n) is 7.62. The van der Waals surface area contributed by atoms with Crippen molar-refractivity contribution in [2.45, 2.75) is 115 Å². The van der Waals surface area contributed by atoms with Crippen LogP contribution >= 0.6 is 0 Å². The molecule has 392 valence electrons. The molecule has 0 aliphatic rings. The molecular formula is C52H68N16O6. The number of nitrogens with zero attached hydrogens (tertiary/aromatic N) is 14. The van der Waals surface area contributed by atoms with E-state index in [9.17, 15) is 14.7 Å². The number of aromatic nitrogens is 14.